The maximum atomic E-state index is 12.4. The molecule has 3 aromatic rings. The summed E-state index contributed by atoms with van der Waals surface area (Å²) in [7, 11) is 1.32. The van der Waals surface area contributed by atoms with Crippen LogP contribution in [0, 0.1) is 13.8 Å². The summed E-state index contributed by atoms with van der Waals surface area (Å²) >= 11 is 0. The first-order valence-electron chi connectivity index (χ1n) is 7.93. The van der Waals surface area contributed by atoms with Crippen LogP contribution in [0.15, 0.2) is 47.1 Å². The summed E-state index contributed by atoms with van der Waals surface area (Å²) in [6.45, 7) is 4.06. The molecule has 0 aliphatic heterocycles. The van der Waals surface area contributed by atoms with E-state index in [-0.39, 0.29) is 12.3 Å². The molecule has 1 amide bonds. The number of carbonyl (C=O) groups is 2. The van der Waals surface area contributed by atoms with Crippen LogP contribution in [-0.4, -0.2) is 19.0 Å². The van der Waals surface area contributed by atoms with E-state index >= 15 is 0 Å². The van der Waals surface area contributed by atoms with E-state index in [0.29, 0.717) is 11.3 Å². The van der Waals surface area contributed by atoms with Crippen molar-refractivity contribution >= 4 is 28.5 Å². The standard InChI is InChI=1S/C20H19NO4/c1-12-7-17-15(11-25-18(17)8-13(12)2)10-19(22)21-16-6-4-5-14(9-16)20(23)24-3/h4-9,11H,10H2,1-3H3,(H,21,22). The molecule has 5 heteroatoms. The quantitative estimate of drug-likeness (QED) is 0.730. The Kier molecular flexibility index (Phi) is 4.57. The highest BCUT2D eigenvalue weighted by atomic mass is 16.5. The molecule has 0 radical (unpaired) electrons. The van der Waals surface area contributed by atoms with Gasteiger partial charge in [0.15, 0.2) is 0 Å². The number of carbonyl (C=O) groups excluding carboxylic acids is 2. The number of rotatable bonds is 4. The summed E-state index contributed by atoms with van der Waals surface area (Å²) in [5.41, 5.74) is 4.85. The van der Waals surface area contributed by atoms with Crippen LogP contribution in [0.1, 0.15) is 27.0 Å². The molecule has 0 fully saturated rings. The molecule has 25 heavy (non-hydrogen) atoms. The van der Waals surface area contributed by atoms with E-state index in [9.17, 15) is 9.59 Å². The fourth-order valence-corrected chi connectivity index (χ4v) is 2.69. The lowest BCUT2D eigenvalue weighted by molar-refractivity contribution is -0.115. The summed E-state index contributed by atoms with van der Waals surface area (Å²) in [4.78, 5) is 23.9. The third kappa shape index (κ3) is 3.55. The van der Waals surface area contributed by atoms with Gasteiger partial charge in [-0.3, -0.25) is 4.79 Å². The van der Waals surface area contributed by atoms with E-state index < -0.39 is 5.97 Å². The van der Waals surface area contributed by atoms with Gasteiger partial charge in [0.1, 0.15) is 5.58 Å². The van der Waals surface area contributed by atoms with E-state index in [1.165, 1.54) is 7.11 Å². The number of fused-ring (bicyclic) bond motifs is 1. The molecule has 3 rings (SSSR count). The minimum atomic E-state index is -0.442. The second-order valence-corrected chi connectivity index (χ2v) is 5.99. The largest absolute Gasteiger partial charge is 0.465 e. The maximum Gasteiger partial charge on any atom is 0.337 e. The Labute approximate surface area is 145 Å². The number of esters is 1. The molecular formula is C20H19NO4. The summed E-state index contributed by atoms with van der Waals surface area (Å²) in [5.74, 6) is -0.620. The van der Waals surface area contributed by atoms with E-state index in [4.69, 9.17) is 4.42 Å². The first-order valence-corrected chi connectivity index (χ1v) is 7.93. The smallest absolute Gasteiger partial charge is 0.337 e. The summed E-state index contributed by atoms with van der Waals surface area (Å²) in [6, 6.07) is 10.7. The van der Waals surface area contributed by atoms with Gasteiger partial charge in [-0.15, -0.1) is 0 Å². The predicted octanol–water partition coefficient (Wildman–Crippen LogP) is 4.02. The third-order valence-electron chi connectivity index (χ3n) is 4.19. The molecule has 0 spiro atoms. The van der Waals surface area contributed by atoms with Crippen molar-refractivity contribution in [2.45, 2.75) is 20.3 Å². The maximum absolute atomic E-state index is 12.4. The number of nitrogens with one attached hydrogen (secondary N) is 1. The summed E-state index contributed by atoms with van der Waals surface area (Å²) < 4.78 is 10.2. The Morgan fingerprint density at radius 2 is 1.88 bits per heavy atom. The Hall–Kier alpha value is -3.08. The average Bonchev–Trinajstić information content (AvgIpc) is 2.96. The van der Waals surface area contributed by atoms with Gasteiger partial charge in [-0.1, -0.05) is 6.07 Å². The van der Waals surface area contributed by atoms with Crippen LogP contribution in [-0.2, 0) is 16.0 Å². The zero-order chi connectivity index (χ0) is 18.0. The Balaban J connectivity index is 1.77. The molecule has 1 heterocycles. The zero-order valence-corrected chi connectivity index (χ0v) is 14.4. The molecule has 0 bridgehead atoms. The Morgan fingerprint density at radius 1 is 1.12 bits per heavy atom. The zero-order valence-electron chi connectivity index (χ0n) is 14.4. The van der Waals surface area contributed by atoms with E-state index in [1.54, 1.807) is 30.5 Å². The highest BCUT2D eigenvalue weighted by Crippen LogP contribution is 2.25. The molecule has 2 aromatic carbocycles. The fraction of sp³-hybridized carbons (Fsp3) is 0.200. The van der Waals surface area contributed by atoms with Crippen molar-refractivity contribution in [3.63, 3.8) is 0 Å². The molecule has 0 unspecified atom stereocenters. The van der Waals surface area contributed by atoms with Crippen LogP contribution in [0.3, 0.4) is 0 Å². The summed E-state index contributed by atoms with van der Waals surface area (Å²) in [5, 5.41) is 3.75. The minimum Gasteiger partial charge on any atom is -0.465 e. The van der Waals surface area contributed by atoms with Gasteiger partial charge in [-0.05, 0) is 55.3 Å². The molecule has 0 aliphatic rings. The number of furan rings is 1. The van der Waals surface area contributed by atoms with Gasteiger partial charge < -0.3 is 14.5 Å². The average molecular weight is 337 g/mol. The van der Waals surface area contributed by atoms with Gasteiger partial charge >= 0.3 is 5.97 Å². The van der Waals surface area contributed by atoms with Crippen LogP contribution in [0.4, 0.5) is 5.69 Å². The Bertz CT molecular complexity index is 955. The lowest BCUT2D eigenvalue weighted by Crippen LogP contribution is -2.14. The second-order valence-electron chi connectivity index (χ2n) is 5.99. The molecule has 5 nitrogen and oxygen atoms in total. The number of ether oxygens (including phenoxy) is 1. The van der Waals surface area contributed by atoms with Crippen molar-refractivity contribution in [1.82, 2.24) is 0 Å². The van der Waals surface area contributed by atoms with Crippen LogP contribution in [0.5, 0.6) is 0 Å². The van der Waals surface area contributed by atoms with Crippen molar-refractivity contribution in [3.05, 3.63) is 64.9 Å². The molecule has 1 N–H and O–H groups in total. The monoisotopic (exact) mass is 337 g/mol. The second kappa shape index (κ2) is 6.81. The van der Waals surface area contributed by atoms with E-state index in [2.05, 4.69) is 10.1 Å². The summed E-state index contributed by atoms with van der Waals surface area (Å²) in [6.07, 6.45) is 1.81. The van der Waals surface area contributed by atoms with Crippen LogP contribution in [0.25, 0.3) is 11.0 Å². The molecular weight excluding hydrogens is 318 g/mol. The SMILES string of the molecule is COC(=O)c1cccc(NC(=O)Cc2coc3cc(C)c(C)cc23)c1. The highest BCUT2D eigenvalue weighted by molar-refractivity contribution is 5.97. The topological polar surface area (TPSA) is 68.5 Å². The van der Waals surface area contributed by atoms with Crippen molar-refractivity contribution in [1.29, 1.82) is 0 Å². The minimum absolute atomic E-state index is 0.178. The molecule has 0 aliphatic carbocycles. The van der Waals surface area contributed by atoms with Gasteiger partial charge in [0.2, 0.25) is 5.91 Å². The number of hydrogen-bond acceptors (Lipinski definition) is 4. The molecule has 128 valence electrons. The van der Waals surface area contributed by atoms with Gasteiger partial charge in [0, 0.05) is 16.6 Å². The fourth-order valence-electron chi connectivity index (χ4n) is 2.69. The van der Waals surface area contributed by atoms with Gasteiger partial charge in [-0.2, -0.15) is 0 Å². The van der Waals surface area contributed by atoms with Crippen molar-refractivity contribution < 1.29 is 18.7 Å². The number of methoxy groups -OCH3 is 1. The number of aryl methyl sites for hydroxylation is 2. The van der Waals surface area contributed by atoms with Gasteiger partial charge in [0.25, 0.3) is 0 Å². The number of benzene rings is 2. The highest BCUT2D eigenvalue weighted by Gasteiger charge is 2.13. The third-order valence-corrected chi connectivity index (χ3v) is 4.19. The number of amides is 1. The molecule has 0 atom stereocenters. The Morgan fingerprint density at radius 3 is 2.64 bits per heavy atom. The molecule has 0 saturated heterocycles. The molecule has 0 saturated carbocycles. The first-order chi connectivity index (χ1) is 12.0. The van der Waals surface area contributed by atoms with Gasteiger partial charge in [0.05, 0.1) is 25.4 Å². The van der Waals surface area contributed by atoms with E-state index in [1.807, 2.05) is 26.0 Å². The van der Waals surface area contributed by atoms with E-state index in [0.717, 1.165) is 27.7 Å². The number of anilines is 1. The van der Waals surface area contributed by atoms with Gasteiger partial charge in [-0.25, -0.2) is 4.79 Å². The van der Waals surface area contributed by atoms with Crippen LogP contribution < -0.4 is 5.32 Å². The number of hydrogen-bond donors (Lipinski definition) is 1. The predicted molar refractivity (Wildman–Crippen MR) is 95.8 cm³/mol. The van der Waals surface area contributed by atoms with Crippen LogP contribution >= 0.6 is 0 Å². The normalized spacial score (nSPS) is 10.7. The van der Waals surface area contributed by atoms with Crippen LogP contribution in [0.2, 0.25) is 0 Å². The van der Waals surface area contributed by atoms with Crippen molar-refractivity contribution in [2.75, 3.05) is 12.4 Å². The lowest BCUT2D eigenvalue weighted by Gasteiger charge is -2.06. The first kappa shape index (κ1) is 16.8. The van der Waals surface area contributed by atoms with Crippen molar-refractivity contribution in [2.24, 2.45) is 0 Å². The molecule has 1 aromatic heterocycles. The lowest BCUT2D eigenvalue weighted by atomic mass is 10.0. The van der Waals surface area contributed by atoms with Crippen molar-refractivity contribution in [3.8, 4) is 0 Å².